The van der Waals surface area contributed by atoms with Gasteiger partial charge in [0.15, 0.2) is 0 Å². The lowest BCUT2D eigenvalue weighted by Crippen LogP contribution is -2.44. The molecule has 172 valence electrons. The third-order valence-electron chi connectivity index (χ3n) is 5.33. The van der Waals surface area contributed by atoms with Crippen molar-refractivity contribution < 1.29 is 19.7 Å². The molecule has 3 aromatic carbocycles. The Hall–Kier alpha value is -2.15. The standard InChI is InChI=1S/C26H32ClNO4/c1-19(2)28(14-22(29)17-31-16-21-9-4-6-12-25(21)27)15-23(30)18-32-26-13-7-10-20-8-3-5-11-24(20)26/h3-13,19,22-23,29-30H,14-18H2,1-2H3/t22-,23+/m1/s1. The van der Waals surface area contributed by atoms with Crippen molar-refractivity contribution in [3.05, 3.63) is 77.3 Å². The Morgan fingerprint density at radius 2 is 1.50 bits per heavy atom. The summed E-state index contributed by atoms with van der Waals surface area (Å²) < 4.78 is 11.6. The molecule has 5 nitrogen and oxygen atoms in total. The lowest BCUT2D eigenvalue weighted by molar-refractivity contribution is -0.00941. The van der Waals surface area contributed by atoms with Gasteiger partial charge in [0.05, 0.1) is 19.3 Å². The van der Waals surface area contributed by atoms with Crippen LogP contribution in [0.2, 0.25) is 5.02 Å². The van der Waals surface area contributed by atoms with Crippen molar-refractivity contribution in [3.8, 4) is 5.75 Å². The van der Waals surface area contributed by atoms with Crippen molar-refractivity contribution in [1.29, 1.82) is 0 Å². The Kier molecular flexibility index (Phi) is 9.33. The highest BCUT2D eigenvalue weighted by Crippen LogP contribution is 2.25. The molecule has 0 saturated heterocycles. The first kappa shape index (κ1) is 24.5. The number of rotatable bonds is 12. The second-order valence-corrected chi connectivity index (χ2v) is 8.66. The number of fused-ring (bicyclic) bond motifs is 1. The zero-order chi connectivity index (χ0) is 22.9. The number of ether oxygens (including phenoxy) is 2. The normalized spacial score (nSPS) is 13.6. The van der Waals surface area contributed by atoms with Crippen molar-refractivity contribution in [3.63, 3.8) is 0 Å². The van der Waals surface area contributed by atoms with Crippen LogP contribution >= 0.6 is 11.6 Å². The quantitative estimate of drug-likeness (QED) is 0.418. The summed E-state index contributed by atoms with van der Waals surface area (Å²) in [5, 5.41) is 23.8. The number of hydrogen-bond acceptors (Lipinski definition) is 5. The predicted molar refractivity (Wildman–Crippen MR) is 129 cm³/mol. The summed E-state index contributed by atoms with van der Waals surface area (Å²) >= 11 is 6.14. The molecule has 2 N–H and O–H groups in total. The van der Waals surface area contributed by atoms with Gasteiger partial charge in [-0.1, -0.05) is 66.2 Å². The number of aliphatic hydroxyl groups excluding tert-OH is 2. The topological polar surface area (TPSA) is 62.2 Å². The van der Waals surface area contributed by atoms with Crippen molar-refractivity contribution in [2.75, 3.05) is 26.3 Å². The Bertz CT molecular complexity index is 975. The second-order valence-electron chi connectivity index (χ2n) is 8.25. The van der Waals surface area contributed by atoms with Gasteiger partial charge in [-0.05, 0) is 36.9 Å². The molecule has 3 rings (SSSR count). The van der Waals surface area contributed by atoms with E-state index in [1.807, 2.05) is 85.5 Å². The summed E-state index contributed by atoms with van der Waals surface area (Å²) in [5.41, 5.74) is 0.892. The molecule has 2 atom stereocenters. The zero-order valence-electron chi connectivity index (χ0n) is 18.7. The highest BCUT2D eigenvalue weighted by Gasteiger charge is 2.19. The minimum atomic E-state index is -0.687. The average molecular weight is 458 g/mol. The van der Waals surface area contributed by atoms with E-state index < -0.39 is 12.2 Å². The number of nitrogens with zero attached hydrogens (tertiary/aromatic N) is 1. The highest BCUT2D eigenvalue weighted by atomic mass is 35.5. The van der Waals surface area contributed by atoms with Crippen LogP contribution in [-0.4, -0.2) is 59.7 Å². The third kappa shape index (κ3) is 7.19. The van der Waals surface area contributed by atoms with Gasteiger partial charge >= 0.3 is 0 Å². The SMILES string of the molecule is CC(C)N(C[C@H](O)COc1cccc2ccccc12)C[C@@H](O)COCc1ccccc1Cl. The average Bonchev–Trinajstić information content (AvgIpc) is 2.78. The van der Waals surface area contributed by atoms with Gasteiger partial charge in [0.2, 0.25) is 0 Å². The minimum Gasteiger partial charge on any atom is -0.490 e. The van der Waals surface area contributed by atoms with Crippen LogP contribution in [0, 0.1) is 0 Å². The summed E-state index contributed by atoms with van der Waals surface area (Å²) in [6.07, 6.45) is -1.36. The van der Waals surface area contributed by atoms with E-state index in [1.165, 1.54) is 0 Å². The zero-order valence-corrected chi connectivity index (χ0v) is 19.4. The van der Waals surface area contributed by atoms with Gasteiger partial charge < -0.3 is 19.7 Å². The molecule has 0 unspecified atom stereocenters. The maximum Gasteiger partial charge on any atom is 0.127 e. The second kappa shape index (κ2) is 12.2. The van der Waals surface area contributed by atoms with E-state index in [1.54, 1.807) is 0 Å². The van der Waals surface area contributed by atoms with Gasteiger partial charge in [0.25, 0.3) is 0 Å². The van der Waals surface area contributed by atoms with Crippen molar-refractivity contribution in [1.82, 2.24) is 4.90 Å². The largest absolute Gasteiger partial charge is 0.490 e. The Balaban J connectivity index is 1.47. The van der Waals surface area contributed by atoms with E-state index in [2.05, 4.69) is 0 Å². The van der Waals surface area contributed by atoms with Crippen molar-refractivity contribution in [2.45, 2.75) is 38.7 Å². The van der Waals surface area contributed by atoms with Gasteiger partial charge in [0.1, 0.15) is 18.5 Å². The summed E-state index contributed by atoms with van der Waals surface area (Å²) in [6, 6.07) is 21.6. The molecule has 0 spiro atoms. The first-order valence-corrected chi connectivity index (χ1v) is 11.3. The monoisotopic (exact) mass is 457 g/mol. The molecule has 6 heteroatoms. The van der Waals surface area contributed by atoms with E-state index in [0.29, 0.717) is 24.7 Å². The lowest BCUT2D eigenvalue weighted by atomic mass is 10.1. The van der Waals surface area contributed by atoms with Crippen LogP contribution < -0.4 is 4.74 Å². The lowest BCUT2D eigenvalue weighted by Gasteiger charge is -2.30. The van der Waals surface area contributed by atoms with E-state index in [-0.39, 0.29) is 19.3 Å². The van der Waals surface area contributed by atoms with Gasteiger partial charge in [-0.15, -0.1) is 0 Å². The molecule has 0 radical (unpaired) electrons. The molecular formula is C26H32ClNO4. The van der Waals surface area contributed by atoms with Crippen molar-refractivity contribution in [2.24, 2.45) is 0 Å². The molecule has 0 aliphatic rings. The highest BCUT2D eigenvalue weighted by molar-refractivity contribution is 6.31. The van der Waals surface area contributed by atoms with Crippen LogP contribution in [0.15, 0.2) is 66.7 Å². The Morgan fingerprint density at radius 3 is 2.25 bits per heavy atom. The van der Waals surface area contributed by atoms with Crippen LogP contribution in [0.1, 0.15) is 19.4 Å². The predicted octanol–water partition coefficient (Wildman–Crippen LogP) is 4.52. The first-order valence-electron chi connectivity index (χ1n) is 11.0. The number of halogens is 1. The maximum atomic E-state index is 10.6. The molecule has 0 saturated carbocycles. The molecule has 0 heterocycles. The number of benzene rings is 3. The van der Waals surface area contributed by atoms with Crippen LogP contribution in [0.4, 0.5) is 0 Å². The summed E-state index contributed by atoms with van der Waals surface area (Å²) in [5.74, 6) is 0.756. The molecular weight excluding hydrogens is 426 g/mol. The van der Waals surface area contributed by atoms with E-state index in [4.69, 9.17) is 21.1 Å². The molecule has 0 amide bonds. The van der Waals surface area contributed by atoms with E-state index >= 15 is 0 Å². The summed E-state index contributed by atoms with van der Waals surface area (Å²) in [6.45, 7) is 5.58. The van der Waals surface area contributed by atoms with Crippen LogP contribution in [-0.2, 0) is 11.3 Å². The van der Waals surface area contributed by atoms with Crippen LogP contribution in [0.25, 0.3) is 10.8 Å². The fourth-order valence-electron chi connectivity index (χ4n) is 3.57. The fourth-order valence-corrected chi connectivity index (χ4v) is 3.76. The molecule has 3 aromatic rings. The van der Waals surface area contributed by atoms with E-state index in [0.717, 1.165) is 22.1 Å². The van der Waals surface area contributed by atoms with Crippen molar-refractivity contribution >= 4 is 22.4 Å². The Labute approximate surface area is 195 Å². The number of hydrogen-bond donors (Lipinski definition) is 2. The molecule has 32 heavy (non-hydrogen) atoms. The minimum absolute atomic E-state index is 0.153. The van der Waals surface area contributed by atoms with E-state index in [9.17, 15) is 10.2 Å². The van der Waals surface area contributed by atoms with Gasteiger partial charge in [0, 0.05) is 29.5 Å². The molecule has 0 bridgehead atoms. The smallest absolute Gasteiger partial charge is 0.127 e. The summed E-state index contributed by atoms with van der Waals surface area (Å²) in [7, 11) is 0. The summed E-state index contributed by atoms with van der Waals surface area (Å²) in [4.78, 5) is 2.03. The van der Waals surface area contributed by atoms with Crippen LogP contribution in [0.3, 0.4) is 0 Å². The molecule has 0 aliphatic carbocycles. The van der Waals surface area contributed by atoms with Gasteiger partial charge in [-0.25, -0.2) is 0 Å². The first-order chi connectivity index (χ1) is 15.4. The third-order valence-corrected chi connectivity index (χ3v) is 5.70. The molecule has 0 fully saturated rings. The van der Waals surface area contributed by atoms with Crippen LogP contribution in [0.5, 0.6) is 5.75 Å². The van der Waals surface area contributed by atoms with Gasteiger partial charge in [-0.3, -0.25) is 4.90 Å². The van der Waals surface area contributed by atoms with Gasteiger partial charge in [-0.2, -0.15) is 0 Å². The Morgan fingerprint density at radius 1 is 0.844 bits per heavy atom. The maximum absolute atomic E-state index is 10.6. The fraction of sp³-hybridized carbons (Fsp3) is 0.385. The molecule has 0 aliphatic heterocycles. The number of aliphatic hydroxyl groups is 2. The molecule has 0 aromatic heterocycles.